The lowest BCUT2D eigenvalue weighted by Crippen LogP contribution is -2.55. The molecule has 0 amide bonds. The van der Waals surface area contributed by atoms with E-state index in [2.05, 4.69) is 13.8 Å². The summed E-state index contributed by atoms with van der Waals surface area (Å²) < 4.78 is 17.4. The number of carboxylic acid groups (broad SMARTS) is 1. The monoisotopic (exact) mass is 992 g/mol. The Balaban J connectivity index is 4.06. The number of esters is 2. The number of hydrogen-bond donors (Lipinski definition) is 0. The van der Waals surface area contributed by atoms with Gasteiger partial charge in [0.1, 0.15) is 12.6 Å². The molecule has 0 spiro atoms. The fourth-order valence-corrected chi connectivity index (χ4v) is 9.96. The van der Waals surface area contributed by atoms with Crippen LogP contribution in [0.2, 0.25) is 0 Å². The highest BCUT2D eigenvalue weighted by Gasteiger charge is 2.25. The van der Waals surface area contributed by atoms with Gasteiger partial charge in [-0.3, -0.25) is 9.59 Å². The first-order chi connectivity index (χ1) is 34.1. The minimum atomic E-state index is -1.12. The molecule has 70 heavy (non-hydrogen) atoms. The van der Waals surface area contributed by atoms with E-state index in [-0.39, 0.29) is 42.7 Å². The zero-order valence-electron chi connectivity index (χ0n) is 47.7. The Labute approximate surface area is 436 Å². The number of unbranched alkanes of at least 4 members (excludes halogenated alkanes) is 44. The molecule has 0 aromatic heterocycles. The molecule has 0 aliphatic heterocycles. The van der Waals surface area contributed by atoms with E-state index in [9.17, 15) is 19.5 Å². The molecule has 416 valence electrons. The fourth-order valence-electron chi connectivity index (χ4n) is 9.96. The second kappa shape index (κ2) is 53.6. The molecule has 0 fully saturated rings. The van der Waals surface area contributed by atoms with Crippen molar-refractivity contribution in [1.82, 2.24) is 0 Å². The van der Waals surface area contributed by atoms with E-state index in [4.69, 9.17) is 14.2 Å². The molecule has 0 aromatic carbocycles. The molecule has 0 aliphatic rings. The summed E-state index contributed by atoms with van der Waals surface area (Å²) in [5.41, 5.74) is 0. The van der Waals surface area contributed by atoms with Crippen LogP contribution in [0.25, 0.3) is 0 Å². The van der Waals surface area contributed by atoms with Crippen LogP contribution in [0.1, 0.15) is 328 Å². The zero-order valence-corrected chi connectivity index (χ0v) is 47.7. The third kappa shape index (κ3) is 51.2. The molecule has 0 N–H and O–H groups in total. The number of rotatable bonds is 58. The minimum Gasteiger partial charge on any atom is -0.544 e. The van der Waals surface area contributed by atoms with Crippen molar-refractivity contribution in [3.05, 3.63) is 0 Å². The van der Waals surface area contributed by atoms with Crippen molar-refractivity contribution in [2.75, 3.05) is 41.0 Å². The van der Waals surface area contributed by atoms with Crippen LogP contribution in [0.4, 0.5) is 0 Å². The number of quaternary nitrogens is 1. The molecule has 0 rings (SSSR count). The average Bonchev–Trinajstić information content (AvgIpc) is 3.33. The first kappa shape index (κ1) is 68.3. The summed E-state index contributed by atoms with van der Waals surface area (Å²) in [4.78, 5) is 37.2. The lowest BCUT2D eigenvalue weighted by Gasteiger charge is -2.34. The van der Waals surface area contributed by atoms with E-state index in [1.54, 1.807) is 0 Å². The van der Waals surface area contributed by atoms with Gasteiger partial charge in [0.2, 0.25) is 0 Å². The summed E-state index contributed by atoms with van der Waals surface area (Å²) in [6, 6.07) is -0.721. The number of likely N-dealkylation sites (N-methyl/N-ethyl adjacent to an activating group) is 1. The second-order valence-corrected chi connectivity index (χ2v) is 22.7. The normalized spacial score (nSPS) is 12.6. The third-order valence-electron chi connectivity index (χ3n) is 14.7. The van der Waals surface area contributed by atoms with Gasteiger partial charge in [-0.15, -0.1) is 0 Å². The topological polar surface area (TPSA) is 102 Å². The summed E-state index contributed by atoms with van der Waals surface area (Å²) in [5, 5.41) is 11.7. The van der Waals surface area contributed by atoms with Gasteiger partial charge in [0.15, 0.2) is 6.10 Å². The van der Waals surface area contributed by atoms with Gasteiger partial charge in [0, 0.05) is 19.3 Å². The maximum atomic E-state index is 12.9. The highest BCUT2D eigenvalue weighted by molar-refractivity contribution is 5.70. The van der Waals surface area contributed by atoms with E-state index >= 15 is 0 Å². The Kier molecular flexibility index (Phi) is 52.3. The molecule has 0 radical (unpaired) electrons. The van der Waals surface area contributed by atoms with Crippen molar-refractivity contribution in [2.24, 2.45) is 0 Å². The fraction of sp³-hybridized carbons (Fsp3) is 0.952. The molecule has 8 nitrogen and oxygen atoms in total. The summed E-state index contributed by atoms with van der Waals surface area (Å²) in [6.45, 7) is 4.75. The second-order valence-electron chi connectivity index (χ2n) is 22.7. The highest BCUT2D eigenvalue weighted by Crippen LogP contribution is 2.19. The molecular weight excluding hydrogens is 871 g/mol. The SMILES string of the molecule is CCCCCCCCCCCCCCCCCCCCCCCCCC(=O)OCC(COCCC(C(=O)[O-])[N+](C)(C)C)OC(=O)CCCCCCCCCCCCCCCCCCCCCCCCC. The maximum Gasteiger partial charge on any atom is 0.306 e. The lowest BCUT2D eigenvalue weighted by molar-refractivity contribution is -0.889. The number of hydrogen-bond acceptors (Lipinski definition) is 7. The molecular formula is C62H121NO7. The molecule has 8 heteroatoms. The van der Waals surface area contributed by atoms with Gasteiger partial charge >= 0.3 is 11.9 Å². The summed E-state index contributed by atoms with van der Waals surface area (Å²) in [6.07, 6.45) is 61.6. The van der Waals surface area contributed by atoms with Crippen molar-refractivity contribution in [2.45, 2.75) is 341 Å². The maximum absolute atomic E-state index is 12.9. The van der Waals surface area contributed by atoms with Crippen LogP contribution < -0.4 is 5.11 Å². The largest absolute Gasteiger partial charge is 0.544 e. The van der Waals surface area contributed by atoms with E-state index in [1.807, 2.05) is 21.1 Å². The van der Waals surface area contributed by atoms with Gasteiger partial charge in [-0.2, -0.15) is 0 Å². The Bertz CT molecular complexity index is 1110. The van der Waals surface area contributed by atoms with Crippen molar-refractivity contribution >= 4 is 17.9 Å². The molecule has 0 aliphatic carbocycles. The third-order valence-corrected chi connectivity index (χ3v) is 14.7. The van der Waals surface area contributed by atoms with E-state index in [0.29, 0.717) is 12.8 Å². The van der Waals surface area contributed by atoms with Crippen LogP contribution in [0.15, 0.2) is 0 Å². The van der Waals surface area contributed by atoms with Crippen molar-refractivity contribution in [3.63, 3.8) is 0 Å². The molecule has 0 heterocycles. The van der Waals surface area contributed by atoms with Crippen LogP contribution >= 0.6 is 0 Å². The zero-order chi connectivity index (χ0) is 51.3. The predicted octanol–water partition coefficient (Wildman–Crippen LogP) is 17.4. The average molecular weight is 993 g/mol. The Morgan fingerprint density at radius 2 is 0.629 bits per heavy atom. The number of ether oxygens (including phenoxy) is 3. The first-order valence-electron chi connectivity index (χ1n) is 31.1. The van der Waals surface area contributed by atoms with E-state index in [1.165, 1.54) is 257 Å². The number of carbonyl (C=O) groups excluding carboxylic acids is 3. The summed E-state index contributed by atoms with van der Waals surface area (Å²) in [5.74, 6) is -1.70. The van der Waals surface area contributed by atoms with Gasteiger partial charge in [-0.1, -0.05) is 296 Å². The van der Waals surface area contributed by atoms with Crippen LogP contribution in [-0.2, 0) is 28.6 Å². The number of carbonyl (C=O) groups is 3. The smallest absolute Gasteiger partial charge is 0.306 e. The van der Waals surface area contributed by atoms with Gasteiger partial charge in [-0.05, 0) is 12.8 Å². The highest BCUT2D eigenvalue weighted by atomic mass is 16.6. The van der Waals surface area contributed by atoms with Crippen LogP contribution in [0.5, 0.6) is 0 Å². The predicted molar refractivity (Wildman–Crippen MR) is 296 cm³/mol. The standard InChI is InChI=1S/C62H121NO7/c1-6-8-10-12-14-16-18-20-22-24-26-28-30-32-34-36-38-40-42-44-46-48-50-52-60(64)69-57-58(56-68-55-54-59(62(66)67)63(3,4)5)70-61(65)53-51-49-47-45-43-41-39-37-35-33-31-29-27-25-23-21-19-17-15-13-11-9-7-2/h58-59H,6-57H2,1-5H3. The quantitative estimate of drug-likeness (QED) is 0.0340. The van der Waals surface area contributed by atoms with Crippen molar-refractivity contribution in [3.8, 4) is 0 Å². The molecule has 0 aromatic rings. The van der Waals surface area contributed by atoms with E-state index in [0.717, 1.165) is 38.5 Å². The molecule has 0 bridgehead atoms. The molecule has 0 saturated heterocycles. The number of carboxylic acids is 1. The van der Waals surface area contributed by atoms with Crippen molar-refractivity contribution < 1.29 is 38.2 Å². The Hall–Kier alpha value is -1.67. The lowest BCUT2D eigenvalue weighted by atomic mass is 10.0. The summed E-state index contributed by atoms with van der Waals surface area (Å²) >= 11 is 0. The number of nitrogens with zero attached hydrogens (tertiary/aromatic N) is 1. The Morgan fingerprint density at radius 3 is 0.886 bits per heavy atom. The van der Waals surface area contributed by atoms with Crippen LogP contribution in [0, 0.1) is 0 Å². The van der Waals surface area contributed by atoms with Gasteiger partial charge in [-0.25, -0.2) is 0 Å². The van der Waals surface area contributed by atoms with E-state index < -0.39 is 18.1 Å². The van der Waals surface area contributed by atoms with Gasteiger partial charge < -0.3 is 28.6 Å². The van der Waals surface area contributed by atoms with Crippen molar-refractivity contribution in [1.29, 1.82) is 0 Å². The summed E-state index contributed by atoms with van der Waals surface area (Å²) in [7, 11) is 5.45. The van der Waals surface area contributed by atoms with Crippen LogP contribution in [0.3, 0.4) is 0 Å². The first-order valence-corrected chi connectivity index (χ1v) is 31.1. The Morgan fingerprint density at radius 1 is 0.371 bits per heavy atom. The molecule has 2 unspecified atom stereocenters. The molecule has 0 saturated carbocycles. The minimum absolute atomic E-state index is 0.0504. The molecule has 2 atom stereocenters. The van der Waals surface area contributed by atoms with Gasteiger partial charge in [0.25, 0.3) is 0 Å². The van der Waals surface area contributed by atoms with Gasteiger partial charge in [0.05, 0.1) is 40.3 Å². The number of aliphatic carboxylic acids is 1. The van der Waals surface area contributed by atoms with Crippen LogP contribution in [-0.4, -0.2) is 75.5 Å².